The second kappa shape index (κ2) is 12.3. The maximum atomic E-state index is 5.27. The van der Waals surface area contributed by atoms with Crippen LogP contribution in [0.2, 0.25) is 0 Å². The van der Waals surface area contributed by atoms with Crippen LogP contribution in [0.25, 0.3) is 0 Å². The number of rotatable bonds is 12. The van der Waals surface area contributed by atoms with Gasteiger partial charge in [0, 0.05) is 46.4 Å². The van der Waals surface area contributed by atoms with Crippen LogP contribution in [-0.4, -0.2) is 64.6 Å². The molecule has 0 atom stereocenters. The summed E-state index contributed by atoms with van der Waals surface area (Å²) in [5, 5.41) is 3.39. The molecular weight excluding hydrogens is 216 g/mol. The van der Waals surface area contributed by atoms with Crippen molar-refractivity contribution in [2.24, 2.45) is 5.92 Å². The molecule has 0 unspecified atom stereocenters. The first-order valence-electron chi connectivity index (χ1n) is 6.70. The summed E-state index contributed by atoms with van der Waals surface area (Å²) in [5.41, 5.74) is 0. The number of methoxy groups -OCH3 is 1. The third kappa shape index (κ3) is 12.1. The van der Waals surface area contributed by atoms with E-state index in [4.69, 9.17) is 9.47 Å². The predicted molar refractivity (Wildman–Crippen MR) is 72.5 cm³/mol. The van der Waals surface area contributed by atoms with Gasteiger partial charge in [0.15, 0.2) is 0 Å². The molecule has 0 aliphatic heterocycles. The van der Waals surface area contributed by atoms with Gasteiger partial charge in [-0.1, -0.05) is 13.8 Å². The molecule has 0 heterocycles. The number of hydrogen-bond donors (Lipinski definition) is 1. The molecule has 0 spiro atoms. The molecular formula is C13H30N2O2. The van der Waals surface area contributed by atoms with Crippen molar-refractivity contribution in [3.05, 3.63) is 0 Å². The normalized spacial score (nSPS) is 11.6. The molecule has 0 aliphatic carbocycles. The van der Waals surface area contributed by atoms with Crippen molar-refractivity contribution < 1.29 is 9.47 Å². The smallest absolute Gasteiger partial charge is 0.0590 e. The summed E-state index contributed by atoms with van der Waals surface area (Å²) in [6.45, 7) is 14.1. The molecule has 4 heteroatoms. The SMILES string of the molecule is CCOCCNCCN(CCOC)CC(C)C. The molecule has 0 fully saturated rings. The Morgan fingerprint density at radius 3 is 2.47 bits per heavy atom. The van der Waals surface area contributed by atoms with Crippen LogP contribution in [0.3, 0.4) is 0 Å². The molecule has 0 saturated carbocycles. The van der Waals surface area contributed by atoms with Crippen LogP contribution < -0.4 is 5.32 Å². The summed E-state index contributed by atoms with van der Waals surface area (Å²) in [7, 11) is 1.76. The van der Waals surface area contributed by atoms with Crippen LogP contribution in [0.4, 0.5) is 0 Å². The number of nitrogens with one attached hydrogen (secondary N) is 1. The van der Waals surface area contributed by atoms with Gasteiger partial charge in [-0.25, -0.2) is 0 Å². The first-order chi connectivity index (χ1) is 8.20. The first kappa shape index (κ1) is 16.8. The quantitative estimate of drug-likeness (QED) is 0.525. The Balaban J connectivity index is 3.53. The highest BCUT2D eigenvalue weighted by atomic mass is 16.5. The molecule has 0 radical (unpaired) electrons. The van der Waals surface area contributed by atoms with Crippen molar-refractivity contribution in [2.45, 2.75) is 20.8 Å². The van der Waals surface area contributed by atoms with Gasteiger partial charge in [-0.3, -0.25) is 4.90 Å². The van der Waals surface area contributed by atoms with Gasteiger partial charge < -0.3 is 14.8 Å². The van der Waals surface area contributed by atoms with Crippen LogP contribution in [0.15, 0.2) is 0 Å². The Kier molecular flexibility index (Phi) is 12.2. The van der Waals surface area contributed by atoms with Gasteiger partial charge in [0.25, 0.3) is 0 Å². The van der Waals surface area contributed by atoms with Crippen LogP contribution in [0.1, 0.15) is 20.8 Å². The fraction of sp³-hybridized carbons (Fsp3) is 1.00. The summed E-state index contributed by atoms with van der Waals surface area (Å²) in [6.07, 6.45) is 0. The highest BCUT2D eigenvalue weighted by molar-refractivity contribution is 4.62. The van der Waals surface area contributed by atoms with E-state index in [0.717, 1.165) is 52.5 Å². The molecule has 0 aromatic rings. The largest absolute Gasteiger partial charge is 0.383 e. The molecule has 0 aromatic carbocycles. The van der Waals surface area contributed by atoms with E-state index in [1.807, 2.05) is 6.92 Å². The van der Waals surface area contributed by atoms with Gasteiger partial charge in [0.05, 0.1) is 13.2 Å². The van der Waals surface area contributed by atoms with Crippen molar-refractivity contribution in [1.29, 1.82) is 0 Å². The lowest BCUT2D eigenvalue weighted by Crippen LogP contribution is -2.37. The summed E-state index contributed by atoms with van der Waals surface area (Å²) in [6, 6.07) is 0. The Labute approximate surface area is 107 Å². The van der Waals surface area contributed by atoms with Gasteiger partial charge in [-0.05, 0) is 12.8 Å². The highest BCUT2D eigenvalue weighted by Crippen LogP contribution is 1.97. The lowest BCUT2D eigenvalue weighted by atomic mass is 10.2. The summed E-state index contributed by atoms with van der Waals surface area (Å²) >= 11 is 0. The lowest BCUT2D eigenvalue weighted by molar-refractivity contribution is 0.135. The van der Waals surface area contributed by atoms with Gasteiger partial charge in [-0.2, -0.15) is 0 Å². The van der Waals surface area contributed by atoms with E-state index < -0.39 is 0 Å². The molecule has 0 saturated heterocycles. The third-order valence-electron chi connectivity index (χ3n) is 2.47. The molecule has 4 nitrogen and oxygen atoms in total. The first-order valence-corrected chi connectivity index (χ1v) is 6.70. The van der Waals surface area contributed by atoms with Crippen LogP contribution in [0, 0.1) is 5.92 Å². The second-order valence-corrected chi connectivity index (χ2v) is 4.63. The fourth-order valence-electron chi connectivity index (χ4n) is 1.68. The predicted octanol–water partition coefficient (Wildman–Crippen LogP) is 1.22. The van der Waals surface area contributed by atoms with Crippen LogP contribution in [0.5, 0.6) is 0 Å². The van der Waals surface area contributed by atoms with Crippen molar-refractivity contribution in [3.8, 4) is 0 Å². The van der Waals surface area contributed by atoms with E-state index in [-0.39, 0.29) is 0 Å². The molecule has 0 rings (SSSR count). The number of ether oxygens (including phenoxy) is 2. The van der Waals surface area contributed by atoms with Gasteiger partial charge >= 0.3 is 0 Å². The summed E-state index contributed by atoms with van der Waals surface area (Å²) in [5.74, 6) is 0.704. The zero-order chi connectivity index (χ0) is 12.9. The lowest BCUT2D eigenvalue weighted by Gasteiger charge is -2.24. The zero-order valence-electron chi connectivity index (χ0n) is 12.0. The second-order valence-electron chi connectivity index (χ2n) is 4.63. The van der Waals surface area contributed by atoms with Gasteiger partial charge in [0.2, 0.25) is 0 Å². The van der Waals surface area contributed by atoms with E-state index in [1.54, 1.807) is 7.11 Å². The Hall–Kier alpha value is -0.160. The Bertz CT molecular complexity index is 154. The Morgan fingerprint density at radius 1 is 1.12 bits per heavy atom. The van der Waals surface area contributed by atoms with Crippen molar-refractivity contribution >= 4 is 0 Å². The van der Waals surface area contributed by atoms with Gasteiger partial charge in [-0.15, -0.1) is 0 Å². The third-order valence-corrected chi connectivity index (χ3v) is 2.47. The topological polar surface area (TPSA) is 33.7 Å². The van der Waals surface area contributed by atoms with E-state index >= 15 is 0 Å². The summed E-state index contributed by atoms with van der Waals surface area (Å²) < 4.78 is 10.4. The molecule has 0 aromatic heterocycles. The number of nitrogens with zero attached hydrogens (tertiary/aromatic N) is 1. The average molecular weight is 246 g/mol. The monoisotopic (exact) mass is 246 g/mol. The molecule has 0 amide bonds. The minimum absolute atomic E-state index is 0.704. The standard InChI is InChI=1S/C13H30N2O2/c1-5-17-10-7-14-6-8-15(9-11-16-4)12-13(2)3/h13-14H,5-12H2,1-4H3. The molecule has 17 heavy (non-hydrogen) atoms. The minimum Gasteiger partial charge on any atom is -0.383 e. The van der Waals surface area contributed by atoms with Crippen molar-refractivity contribution in [1.82, 2.24) is 10.2 Å². The van der Waals surface area contributed by atoms with E-state index in [0.29, 0.717) is 5.92 Å². The molecule has 1 N–H and O–H groups in total. The molecule has 104 valence electrons. The van der Waals surface area contributed by atoms with Gasteiger partial charge in [0.1, 0.15) is 0 Å². The van der Waals surface area contributed by atoms with Crippen LogP contribution in [-0.2, 0) is 9.47 Å². The molecule has 0 aliphatic rings. The van der Waals surface area contributed by atoms with Crippen LogP contribution >= 0.6 is 0 Å². The minimum atomic E-state index is 0.704. The Morgan fingerprint density at radius 2 is 1.88 bits per heavy atom. The zero-order valence-corrected chi connectivity index (χ0v) is 12.0. The number of hydrogen-bond acceptors (Lipinski definition) is 4. The van der Waals surface area contributed by atoms with Crippen molar-refractivity contribution in [2.75, 3.05) is 59.7 Å². The van der Waals surface area contributed by atoms with E-state index in [2.05, 4.69) is 24.1 Å². The van der Waals surface area contributed by atoms with E-state index in [9.17, 15) is 0 Å². The molecule has 0 bridgehead atoms. The maximum absolute atomic E-state index is 5.27. The van der Waals surface area contributed by atoms with Crippen molar-refractivity contribution in [3.63, 3.8) is 0 Å². The average Bonchev–Trinajstić information content (AvgIpc) is 2.29. The van der Waals surface area contributed by atoms with E-state index in [1.165, 1.54) is 0 Å². The highest BCUT2D eigenvalue weighted by Gasteiger charge is 2.06. The maximum Gasteiger partial charge on any atom is 0.0590 e. The fourth-order valence-corrected chi connectivity index (χ4v) is 1.68. The summed E-state index contributed by atoms with van der Waals surface area (Å²) in [4.78, 5) is 2.45.